The number of nitrogens with one attached hydrogen (secondary N) is 2. The van der Waals surface area contributed by atoms with Crippen LogP contribution in [0.3, 0.4) is 0 Å². The summed E-state index contributed by atoms with van der Waals surface area (Å²) in [5.41, 5.74) is 0.711. The van der Waals surface area contributed by atoms with Gasteiger partial charge in [-0.05, 0) is 24.6 Å². The van der Waals surface area contributed by atoms with Gasteiger partial charge in [0.25, 0.3) is 0 Å². The number of rotatable bonds is 5. The van der Waals surface area contributed by atoms with Crippen molar-refractivity contribution in [3.8, 4) is 0 Å². The molecule has 19 heavy (non-hydrogen) atoms. The Morgan fingerprint density at radius 1 is 1.21 bits per heavy atom. The van der Waals surface area contributed by atoms with Crippen molar-refractivity contribution in [3.63, 3.8) is 0 Å². The summed E-state index contributed by atoms with van der Waals surface area (Å²) in [6.45, 7) is 2.83. The molecule has 0 unspecified atom stereocenters. The largest absolute Gasteiger partial charge is 0.363 e. The number of anilines is 2. The standard InChI is InChI=1S/C13H14F2N4/c1-2-16-13-18-8-11(15)12(19-13)17-7-9-4-3-5-10(14)6-9/h3-6,8H,2,7H2,1H3,(H2,16,17,18,19). The molecule has 1 aromatic carbocycles. The van der Waals surface area contributed by atoms with E-state index in [1.165, 1.54) is 12.1 Å². The van der Waals surface area contributed by atoms with Gasteiger partial charge in [-0.2, -0.15) is 4.98 Å². The summed E-state index contributed by atoms with van der Waals surface area (Å²) in [4.78, 5) is 7.80. The first-order valence-electron chi connectivity index (χ1n) is 5.93. The van der Waals surface area contributed by atoms with Crippen molar-refractivity contribution in [2.75, 3.05) is 17.2 Å². The molecule has 2 N–H and O–H groups in total. The highest BCUT2D eigenvalue weighted by atomic mass is 19.1. The van der Waals surface area contributed by atoms with E-state index in [1.54, 1.807) is 12.1 Å². The Kier molecular flexibility index (Phi) is 4.22. The first-order chi connectivity index (χ1) is 9.19. The monoisotopic (exact) mass is 264 g/mol. The van der Waals surface area contributed by atoms with Gasteiger partial charge in [-0.15, -0.1) is 0 Å². The van der Waals surface area contributed by atoms with E-state index in [0.717, 1.165) is 6.20 Å². The number of halogens is 2. The Morgan fingerprint density at radius 2 is 2.05 bits per heavy atom. The van der Waals surface area contributed by atoms with E-state index < -0.39 is 5.82 Å². The lowest BCUT2D eigenvalue weighted by Crippen LogP contribution is -2.08. The summed E-state index contributed by atoms with van der Waals surface area (Å²) in [6.07, 6.45) is 1.10. The zero-order valence-corrected chi connectivity index (χ0v) is 10.5. The van der Waals surface area contributed by atoms with Crippen molar-refractivity contribution < 1.29 is 8.78 Å². The Morgan fingerprint density at radius 3 is 2.79 bits per heavy atom. The molecule has 0 aliphatic rings. The van der Waals surface area contributed by atoms with Crippen LogP contribution in [0.4, 0.5) is 20.5 Å². The van der Waals surface area contributed by atoms with Crippen LogP contribution in [0.25, 0.3) is 0 Å². The van der Waals surface area contributed by atoms with E-state index in [1.807, 2.05) is 6.92 Å². The molecule has 0 saturated heterocycles. The molecule has 0 fully saturated rings. The fourth-order valence-corrected chi connectivity index (χ4v) is 1.57. The van der Waals surface area contributed by atoms with Crippen LogP contribution in [0.5, 0.6) is 0 Å². The molecule has 0 aliphatic carbocycles. The molecule has 2 rings (SSSR count). The molecule has 1 aromatic heterocycles. The van der Waals surface area contributed by atoms with E-state index in [4.69, 9.17) is 0 Å². The molecule has 0 atom stereocenters. The quantitative estimate of drug-likeness (QED) is 0.872. The average molecular weight is 264 g/mol. The number of hydrogen-bond donors (Lipinski definition) is 2. The van der Waals surface area contributed by atoms with E-state index in [9.17, 15) is 8.78 Å². The minimum absolute atomic E-state index is 0.0928. The molecule has 2 aromatic rings. The van der Waals surface area contributed by atoms with E-state index in [2.05, 4.69) is 20.6 Å². The van der Waals surface area contributed by atoms with Crippen molar-refractivity contribution in [1.29, 1.82) is 0 Å². The van der Waals surface area contributed by atoms with Crippen molar-refractivity contribution >= 4 is 11.8 Å². The number of aromatic nitrogens is 2. The maximum absolute atomic E-state index is 13.5. The van der Waals surface area contributed by atoms with E-state index in [0.29, 0.717) is 18.1 Å². The van der Waals surface area contributed by atoms with Gasteiger partial charge in [0.15, 0.2) is 11.6 Å². The first-order valence-corrected chi connectivity index (χ1v) is 5.93. The molecule has 0 spiro atoms. The predicted octanol–water partition coefficient (Wildman–Crippen LogP) is 2.80. The SMILES string of the molecule is CCNc1ncc(F)c(NCc2cccc(F)c2)n1. The van der Waals surface area contributed by atoms with Crippen LogP contribution >= 0.6 is 0 Å². The van der Waals surface area contributed by atoms with Crippen LogP contribution < -0.4 is 10.6 Å². The number of hydrogen-bond acceptors (Lipinski definition) is 4. The summed E-state index contributed by atoms with van der Waals surface area (Å²) < 4.78 is 26.5. The first kappa shape index (κ1) is 13.2. The third-order valence-electron chi connectivity index (χ3n) is 2.43. The van der Waals surface area contributed by atoms with Crippen molar-refractivity contribution in [2.24, 2.45) is 0 Å². The van der Waals surface area contributed by atoms with Crippen LogP contribution in [-0.4, -0.2) is 16.5 Å². The highest BCUT2D eigenvalue weighted by Crippen LogP contribution is 2.13. The topological polar surface area (TPSA) is 49.8 Å². The van der Waals surface area contributed by atoms with Gasteiger partial charge in [0.2, 0.25) is 5.95 Å². The van der Waals surface area contributed by atoms with Gasteiger partial charge >= 0.3 is 0 Å². The Balaban J connectivity index is 2.08. The lowest BCUT2D eigenvalue weighted by atomic mass is 10.2. The highest BCUT2D eigenvalue weighted by Gasteiger charge is 2.06. The maximum Gasteiger partial charge on any atom is 0.224 e. The molecule has 0 amide bonds. The molecular weight excluding hydrogens is 250 g/mol. The minimum atomic E-state index is -0.543. The van der Waals surface area contributed by atoms with Crippen LogP contribution in [-0.2, 0) is 6.54 Å². The summed E-state index contributed by atoms with van der Waals surface area (Å²) in [5, 5.41) is 5.72. The zero-order valence-electron chi connectivity index (χ0n) is 10.5. The van der Waals surface area contributed by atoms with Crippen molar-refractivity contribution in [2.45, 2.75) is 13.5 Å². The summed E-state index contributed by atoms with van der Waals surface area (Å²) >= 11 is 0. The third kappa shape index (κ3) is 3.61. The lowest BCUT2D eigenvalue weighted by molar-refractivity contribution is 0.616. The van der Waals surface area contributed by atoms with Crippen molar-refractivity contribution in [1.82, 2.24) is 9.97 Å². The van der Waals surface area contributed by atoms with Gasteiger partial charge in [-0.3, -0.25) is 0 Å². The Hall–Kier alpha value is -2.24. The van der Waals surface area contributed by atoms with Gasteiger partial charge in [-0.1, -0.05) is 12.1 Å². The molecule has 6 heteroatoms. The van der Waals surface area contributed by atoms with Crippen LogP contribution in [0.2, 0.25) is 0 Å². The van der Waals surface area contributed by atoms with Gasteiger partial charge in [0, 0.05) is 13.1 Å². The molecular formula is C13H14F2N4. The molecule has 0 saturated carbocycles. The maximum atomic E-state index is 13.5. The summed E-state index contributed by atoms with van der Waals surface area (Å²) in [5.74, 6) is -0.422. The third-order valence-corrected chi connectivity index (χ3v) is 2.43. The summed E-state index contributed by atoms with van der Waals surface area (Å²) in [6, 6.07) is 6.10. The molecule has 0 aliphatic heterocycles. The average Bonchev–Trinajstić information content (AvgIpc) is 2.40. The second kappa shape index (κ2) is 6.08. The van der Waals surface area contributed by atoms with Crippen LogP contribution in [0.1, 0.15) is 12.5 Å². The van der Waals surface area contributed by atoms with Gasteiger partial charge in [-0.25, -0.2) is 13.8 Å². The second-order valence-electron chi connectivity index (χ2n) is 3.90. The minimum Gasteiger partial charge on any atom is -0.363 e. The fraction of sp³-hybridized carbons (Fsp3) is 0.231. The van der Waals surface area contributed by atoms with Gasteiger partial charge < -0.3 is 10.6 Å². The Labute approximate surface area is 109 Å². The summed E-state index contributed by atoms with van der Waals surface area (Å²) in [7, 11) is 0. The van der Waals surface area contributed by atoms with Gasteiger partial charge in [0.05, 0.1) is 6.20 Å². The van der Waals surface area contributed by atoms with E-state index >= 15 is 0 Å². The molecule has 0 bridgehead atoms. The predicted molar refractivity (Wildman–Crippen MR) is 69.9 cm³/mol. The fourth-order valence-electron chi connectivity index (χ4n) is 1.57. The molecule has 1 heterocycles. The lowest BCUT2D eigenvalue weighted by Gasteiger charge is -2.08. The molecule has 100 valence electrons. The van der Waals surface area contributed by atoms with Crippen molar-refractivity contribution in [3.05, 3.63) is 47.7 Å². The van der Waals surface area contributed by atoms with Crippen LogP contribution in [0, 0.1) is 11.6 Å². The van der Waals surface area contributed by atoms with Crippen LogP contribution in [0.15, 0.2) is 30.5 Å². The van der Waals surface area contributed by atoms with Gasteiger partial charge in [0.1, 0.15) is 5.82 Å². The van der Waals surface area contributed by atoms with E-state index in [-0.39, 0.29) is 18.2 Å². The zero-order chi connectivity index (χ0) is 13.7. The highest BCUT2D eigenvalue weighted by molar-refractivity contribution is 5.41. The second-order valence-corrected chi connectivity index (χ2v) is 3.90. The number of nitrogens with zero attached hydrogens (tertiary/aromatic N) is 2. The molecule has 4 nitrogen and oxygen atoms in total. The normalized spacial score (nSPS) is 10.3. The number of benzene rings is 1. The molecule has 0 radical (unpaired) electrons. The Bertz CT molecular complexity index is 560. The smallest absolute Gasteiger partial charge is 0.224 e.